The van der Waals surface area contributed by atoms with Gasteiger partial charge < -0.3 is 14.8 Å². The third-order valence-electron chi connectivity index (χ3n) is 2.38. The molecule has 0 unspecified atom stereocenters. The Balaban J connectivity index is 2.15. The van der Waals surface area contributed by atoms with E-state index in [0.29, 0.717) is 0 Å². The van der Waals surface area contributed by atoms with Gasteiger partial charge in [-0.15, -0.1) is 0 Å². The summed E-state index contributed by atoms with van der Waals surface area (Å²) in [5.74, 6) is 1.17. The van der Waals surface area contributed by atoms with Crippen molar-refractivity contribution in [3.63, 3.8) is 0 Å². The first kappa shape index (κ1) is 12.2. The Morgan fingerprint density at radius 3 is 2.87 bits per heavy atom. The number of rotatable bonds is 7. The molecule has 4 nitrogen and oxygen atoms in total. The molecule has 1 heterocycles. The predicted octanol–water partition coefficient (Wildman–Crippen LogP) is 0.597. The normalized spacial score (nSPS) is 11.2. The lowest BCUT2D eigenvalue weighted by molar-refractivity contribution is 0.397. The monoisotopic (exact) mass is 210 g/mol. The van der Waals surface area contributed by atoms with E-state index in [9.17, 15) is 0 Å². The van der Waals surface area contributed by atoms with Crippen LogP contribution >= 0.6 is 0 Å². The summed E-state index contributed by atoms with van der Waals surface area (Å²) < 4.78 is 2.21. The van der Waals surface area contributed by atoms with Gasteiger partial charge in [-0.25, -0.2) is 4.98 Å². The van der Waals surface area contributed by atoms with E-state index in [1.54, 1.807) is 0 Å². The van der Waals surface area contributed by atoms with Gasteiger partial charge >= 0.3 is 0 Å². The summed E-state index contributed by atoms with van der Waals surface area (Å²) >= 11 is 0. The SMILES string of the molecule is CCc1nccn1CCNCCN(C)C. The van der Waals surface area contributed by atoms with Gasteiger partial charge in [0, 0.05) is 45.0 Å². The van der Waals surface area contributed by atoms with Crippen LogP contribution < -0.4 is 5.32 Å². The summed E-state index contributed by atoms with van der Waals surface area (Å²) in [6, 6.07) is 0. The zero-order chi connectivity index (χ0) is 11.1. The van der Waals surface area contributed by atoms with Crippen LogP contribution in [0.4, 0.5) is 0 Å². The number of nitrogens with one attached hydrogen (secondary N) is 1. The Labute approximate surface area is 92.3 Å². The summed E-state index contributed by atoms with van der Waals surface area (Å²) in [6.45, 7) is 6.29. The molecule has 0 aliphatic rings. The van der Waals surface area contributed by atoms with E-state index < -0.39 is 0 Å². The maximum Gasteiger partial charge on any atom is 0.108 e. The van der Waals surface area contributed by atoms with Crippen LogP contribution in [-0.4, -0.2) is 48.2 Å². The van der Waals surface area contributed by atoms with Gasteiger partial charge in [0.15, 0.2) is 0 Å². The molecule has 0 aromatic carbocycles. The molecule has 86 valence electrons. The van der Waals surface area contributed by atoms with Crippen LogP contribution in [0.2, 0.25) is 0 Å². The topological polar surface area (TPSA) is 33.1 Å². The first-order valence-corrected chi connectivity index (χ1v) is 5.59. The van der Waals surface area contributed by atoms with Crippen molar-refractivity contribution < 1.29 is 0 Å². The molecule has 0 aliphatic carbocycles. The zero-order valence-electron chi connectivity index (χ0n) is 10.0. The van der Waals surface area contributed by atoms with Gasteiger partial charge in [0.05, 0.1) is 0 Å². The van der Waals surface area contributed by atoms with Crippen LogP contribution in [0.5, 0.6) is 0 Å². The van der Waals surface area contributed by atoms with Crippen molar-refractivity contribution in [2.24, 2.45) is 0 Å². The molecule has 1 N–H and O–H groups in total. The van der Waals surface area contributed by atoms with E-state index in [-0.39, 0.29) is 0 Å². The zero-order valence-corrected chi connectivity index (χ0v) is 10.0. The number of aryl methyl sites for hydroxylation is 1. The number of hydrogen-bond donors (Lipinski definition) is 1. The van der Waals surface area contributed by atoms with E-state index >= 15 is 0 Å². The van der Waals surface area contributed by atoms with Crippen molar-refractivity contribution in [1.29, 1.82) is 0 Å². The van der Waals surface area contributed by atoms with Gasteiger partial charge in [0.1, 0.15) is 5.82 Å². The lowest BCUT2D eigenvalue weighted by Crippen LogP contribution is -2.29. The summed E-state index contributed by atoms with van der Waals surface area (Å²) in [5.41, 5.74) is 0. The van der Waals surface area contributed by atoms with Gasteiger partial charge in [-0.1, -0.05) is 6.92 Å². The largest absolute Gasteiger partial charge is 0.334 e. The number of nitrogens with zero attached hydrogens (tertiary/aromatic N) is 3. The molecular formula is C11H22N4. The molecular weight excluding hydrogens is 188 g/mol. The fourth-order valence-electron chi connectivity index (χ4n) is 1.49. The molecule has 15 heavy (non-hydrogen) atoms. The van der Waals surface area contributed by atoms with Gasteiger partial charge in [0.2, 0.25) is 0 Å². The minimum atomic E-state index is 1.00. The average Bonchev–Trinajstić information content (AvgIpc) is 2.64. The van der Waals surface area contributed by atoms with E-state index in [1.807, 2.05) is 12.4 Å². The maximum absolute atomic E-state index is 4.29. The molecule has 4 heteroatoms. The van der Waals surface area contributed by atoms with Crippen LogP contribution in [0.25, 0.3) is 0 Å². The molecule has 0 aliphatic heterocycles. The van der Waals surface area contributed by atoms with E-state index in [1.165, 1.54) is 5.82 Å². The molecule has 0 spiro atoms. The lowest BCUT2D eigenvalue weighted by Gasteiger charge is -2.11. The standard InChI is InChI=1S/C11H22N4/c1-4-11-13-7-10-15(11)9-6-12-5-8-14(2)3/h7,10,12H,4-6,8-9H2,1-3H3. The first-order valence-electron chi connectivity index (χ1n) is 5.59. The van der Waals surface area contributed by atoms with Crippen molar-refractivity contribution in [3.05, 3.63) is 18.2 Å². The Morgan fingerprint density at radius 2 is 2.20 bits per heavy atom. The molecule has 1 rings (SSSR count). The van der Waals surface area contributed by atoms with E-state index in [4.69, 9.17) is 0 Å². The van der Waals surface area contributed by atoms with Crippen LogP contribution in [-0.2, 0) is 13.0 Å². The van der Waals surface area contributed by atoms with Crippen molar-refractivity contribution in [1.82, 2.24) is 19.8 Å². The Kier molecular flexibility index (Phi) is 5.36. The maximum atomic E-state index is 4.29. The summed E-state index contributed by atoms with van der Waals surface area (Å²) in [4.78, 5) is 6.47. The summed E-state index contributed by atoms with van der Waals surface area (Å²) in [6.07, 6.45) is 4.93. The molecule has 0 bridgehead atoms. The van der Waals surface area contributed by atoms with Crippen LogP contribution in [0.1, 0.15) is 12.7 Å². The Bertz CT molecular complexity index is 267. The predicted molar refractivity (Wildman–Crippen MR) is 63.0 cm³/mol. The summed E-state index contributed by atoms with van der Waals surface area (Å²) in [7, 11) is 4.18. The second kappa shape index (κ2) is 6.58. The van der Waals surface area contributed by atoms with Gasteiger partial charge in [-0.3, -0.25) is 0 Å². The first-order chi connectivity index (χ1) is 7.24. The smallest absolute Gasteiger partial charge is 0.108 e. The van der Waals surface area contributed by atoms with Gasteiger partial charge in [0.25, 0.3) is 0 Å². The van der Waals surface area contributed by atoms with Gasteiger partial charge in [-0.05, 0) is 14.1 Å². The van der Waals surface area contributed by atoms with Crippen LogP contribution in [0.15, 0.2) is 12.4 Å². The van der Waals surface area contributed by atoms with Crippen molar-refractivity contribution in [2.45, 2.75) is 19.9 Å². The summed E-state index contributed by atoms with van der Waals surface area (Å²) in [5, 5.41) is 3.42. The third kappa shape index (κ3) is 4.44. The molecule has 1 aromatic heterocycles. The second-order valence-electron chi connectivity index (χ2n) is 3.94. The minimum absolute atomic E-state index is 1.00. The molecule has 0 amide bonds. The van der Waals surface area contributed by atoms with Crippen molar-refractivity contribution >= 4 is 0 Å². The highest BCUT2D eigenvalue weighted by molar-refractivity contribution is 4.91. The molecule has 0 saturated carbocycles. The lowest BCUT2D eigenvalue weighted by atomic mass is 10.4. The number of likely N-dealkylation sites (N-methyl/N-ethyl adjacent to an activating group) is 1. The highest BCUT2D eigenvalue weighted by atomic mass is 15.1. The van der Waals surface area contributed by atoms with Gasteiger partial charge in [-0.2, -0.15) is 0 Å². The quantitative estimate of drug-likeness (QED) is 0.669. The third-order valence-corrected chi connectivity index (χ3v) is 2.38. The van der Waals surface area contributed by atoms with Crippen molar-refractivity contribution in [2.75, 3.05) is 33.7 Å². The highest BCUT2D eigenvalue weighted by Gasteiger charge is 1.98. The average molecular weight is 210 g/mol. The number of aromatic nitrogens is 2. The second-order valence-corrected chi connectivity index (χ2v) is 3.94. The molecule has 0 fully saturated rings. The fourth-order valence-corrected chi connectivity index (χ4v) is 1.49. The Hall–Kier alpha value is -0.870. The molecule has 0 saturated heterocycles. The Morgan fingerprint density at radius 1 is 1.40 bits per heavy atom. The number of imidazole rings is 1. The molecule has 0 radical (unpaired) electrons. The van der Waals surface area contributed by atoms with Crippen LogP contribution in [0.3, 0.4) is 0 Å². The fraction of sp³-hybridized carbons (Fsp3) is 0.727. The van der Waals surface area contributed by atoms with E-state index in [0.717, 1.165) is 32.6 Å². The van der Waals surface area contributed by atoms with E-state index in [2.05, 4.69) is 40.8 Å². The molecule has 1 aromatic rings. The highest BCUT2D eigenvalue weighted by Crippen LogP contribution is 1.96. The minimum Gasteiger partial charge on any atom is -0.334 e. The van der Waals surface area contributed by atoms with Crippen LogP contribution in [0, 0.1) is 0 Å². The van der Waals surface area contributed by atoms with Crippen molar-refractivity contribution in [3.8, 4) is 0 Å². The number of hydrogen-bond acceptors (Lipinski definition) is 3. The molecule has 0 atom stereocenters.